The Bertz CT molecular complexity index is 1610. The van der Waals surface area contributed by atoms with E-state index in [0.29, 0.717) is 39.0 Å². The molecule has 0 spiro atoms. The van der Waals surface area contributed by atoms with Crippen LogP contribution in [-0.4, -0.2) is 32.6 Å². The highest BCUT2D eigenvalue weighted by Crippen LogP contribution is 2.33. The second kappa shape index (κ2) is 11.6. The van der Waals surface area contributed by atoms with Crippen molar-refractivity contribution in [1.82, 2.24) is 20.1 Å². The Morgan fingerprint density at radius 1 is 1.00 bits per heavy atom. The van der Waals surface area contributed by atoms with E-state index in [2.05, 4.69) is 36.6 Å². The van der Waals surface area contributed by atoms with Gasteiger partial charge in [0.1, 0.15) is 5.69 Å². The molecule has 1 saturated carbocycles. The number of rotatable bonds is 6. The average Bonchev–Trinajstić information content (AvgIpc) is 3.20. The molecule has 7 nitrogen and oxygen atoms in total. The third-order valence-electron chi connectivity index (χ3n) is 7.41. The molecule has 2 N–H and O–H groups in total. The largest absolute Gasteiger partial charge is 0.433 e. The number of carbonyl (C=O) groups is 2. The van der Waals surface area contributed by atoms with E-state index < -0.39 is 17.8 Å². The lowest BCUT2D eigenvalue weighted by Gasteiger charge is -2.22. The highest BCUT2D eigenvalue weighted by atomic mass is 79.9. The fourth-order valence-electron chi connectivity index (χ4n) is 5.19. The van der Waals surface area contributed by atoms with Crippen LogP contribution >= 0.6 is 15.9 Å². The van der Waals surface area contributed by atoms with Gasteiger partial charge in [-0.3, -0.25) is 14.3 Å². The molecule has 41 heavy (non-hydrogen) atoms. The van der Waals surface area contributed by atoms with Crippen LogP contribution in [0.5, 0.6) is 0 Å². The molecule has 11 heteroatoms. The molecule has 1 aliphatic carbocycles. The number of alkyl halides is 3. The first-order valence-corrected chi connectivity index (χ1v) is 14.2. The molecule has 2 aromatic heterocycles. The molecule has 0 saturated heterocycles. The van der Waals surface area contributed by atoms with Crippen molar-refractivity contribution in [3.8, 4) is 0 Å². The molecule has 2 amide bonds. The molecular formula is C30H29BrF3N5O2. The van der Waals surface area contributed by atoms with Crippen molar-refractivity contribution in [1.29, 1.82) is 0 Å². The summed E-state index contributed by atoms with van der Waals surface area (Å²) in [7, 11) is 0. The molecule has 1 fully saturated rings. The SMILES string of the molecule is Cc1nn(Cc2ccc(C(=O)NC3CCCCC3)cc2)c(C)c1NC(=O)c1cc(C(F)(F)F)nc2ccc(Br)cc12. The normalized spacial score (nSPS) is 14.3. The number of aromatic nitrogens is 3. The summed E-state index contributed by atoms with van der Waals surface area (Å²) in [6.45, 7) is 3.89. The van der Waals surface area contributed by atoms with E-state index in [0.717, 1.165) is 37.3 Å². The zero-order chi connectivity index (χ0) is 29.3. The molecule has 1 aliphatic rings. The summed E-state index contributed by atoms with van der Waals surface area (Å²) in [6.07, 6.45) is 0.814. The minimum absolute atomic E-state index is 0.0631. The third kappa shape index (κ3) is 6.45. The lowest BCUT2D eigenvalue weighted by Crippen LogP contribution is -2.36. The van der Waals surface area contributed by atoms with Gasteiger partial charge in [-0.15, -0.1) is 0 Å². The number of aryl methyl sites for hydroxylation is 1. The standard InChI is InChI=1S/C30H29BrF3N5O2/c1-17-27(37-29(41)24-15-26(30(32,33)34)36-25-13-12-21(31)14-23(24)25)18(2)39(38-17)16-19-8-10-20(11-9-19)28(40)35-22-6-4-3-5-7-22/h8-15,22H,3-7,16H2,1-2H3,(H,35,40)(H,37,41). The summed E-state index contributed by atoms with van der Waals surface area (Å²) in [5.41, 5.74) is 1.87. The van der Waals surface area contributed by atoms with Gasteiger partial charge in [0.15, 0.2) is 0 Å². The highest BCUT2D eigenvalue weighted by Gasteiger charge is 2.34. The Kier molecular flexibility index (Phi) is 8.17. The predicted octanol–water partition coefficient (Wildman–Crippen LogP) is 7.19. The number of pyridine rings is 1. The fourth-order valence-corrected chi connectivity index (χ4v) is 5.55. The number of amides is 2. The van der Waals surface area contributed by atoms with E-state index in [1.165, 1.54) is 12.5 Å². The molecule has 5 rings (SSSR count). The first kappa shape index (κ1) is 28.8. The zero-order valence-electron chi connectivity index (χ0n) is 22.6. The van der Waals surface area contributed by atoms with E-state index >= 15 is 0 Å². The Labute approximate surface area is 243 Å². The summed E-state index contributed by atoms with van der Waals surface area (Å²) in [5.74, 6) is -0.774. The van der Waals surface area contributed by atoms with Crippen molar-refractivity contribution >= 4 is 44.3 Å². The number of benzene rings is 2. The molecular weight excluding hydrogens is 599 g/mol. The van der Waals surface area contributed by atoms with Crippen molar-refractivity contribution in [2.24, 2.45) is 0 Å². The minimum atomic E-state index is -4.71. The second-order valence-electron chi connectivity index (χ2n) is 10.4. The summed E-state index contributed by atoms with van der Waals surface area (Å²) < 4.78 is 42.9. The molecule has 0 atom stereocenters. The highest BCUT2D eigenvalue weighted by molar-refractivity contribution is 9.10. The molecule has 0 aliphatic heterocycles. The van der Waals surface area contributed by atoms with Crippen LogP contribution in [0.1, 0.15) is 75.5 Å². The molecule has 2 heterocycles. The van der Waals surface area contributed by atoms with Crippen LogP contribution in [0.3, 0.4) is 0 Å². The van der Waals surface area contributed by atoms with Gasteiger partial charge in [-0.05, 0) is 68.7 Å². The average molecular weight is 628 g/mol. The van der Waals surface area contributed by atoms with Crippen LogP contribution in [-0.2, 0) is 12.7 Å². The second-order valence-corrected chi connectivity index (χ2v) is 11.3. The monoisotopic (exact) mass is 627 g/mol. The maximum absolute atomic E-state index is 13.5. The topological polar surface area (TPSA) is 88.9 Å². The van der Waals surface area contributed by atoms with E-state index in [4.69, 9.17) is 0 Å². The maximum atomic E-state index is 13.5. The number of hydrogen-bond acceptors (Lipinski definition) is 4. The van der Waals surface area contributed by atoms with Gasteiger partial charge in [0.2, 0.25) is 0 Å². The van der Waals surface area contributed by atoms with Crippen LogP contribution in [0.15, 0.2) is 53.0 Å². The number of fused-ring (bicyclic) bond motifs is 1. The van der Waals surface area contributed by atoms with Crippen molar-refractivity contribution in [2.75, 3.05) is 5.32 Å². The van der Waals surface area contributed by atoms with Gasteiger partial charge in [-0.2, -0.15) is 18.3 Å². The molecule has 2 aromatic carbocycles. The van der Waals surface area contributed by atoms with Gasteiger partial charge in [0.05, 0.1) is 34.7 Å². The van der Waals surface area contributed by atoms with Gasteiger partial charge in [0, 0.05) is 21.5 Å². The van der Waals surface area contributed by atoms with E-state index in [-0.39, 0.29) is 23.0 Å². The molecule has 0 radical (unpaired) electrons. The number of hydrogen-bond donors (Lipinski definition) is 2. The van der Waals surface area contributed by atoms with E-state index in [9.17, 15) is 22.8 Å². The van der Waals surface area contributed by atoms with Crippen LogP contribution < -0.4 is 10.6 Å². The first-order valence-electron chi connectivity index (χ1n) is 13.4. The van der Waals surface area contributed by atoms with Gasteiger partial charge >= 0.3 is 6.18 Å². The maximum Gasteiger partial charge on any atom is 0.433 e. The van der Waals surface area contributed by atoms with Crippen molar-refractivity contribution in [2.45, 2.75) is 64.7 Å². The van der Waals surface area contributed by atoms with Crippen LogP contribution in [0.2, 0.25) is 0 Å². The Morgan fingerprint density at radius 2 is 1.71 bits per heavy atom. The van der Waals surface area contributed by atoms with E-state index in [1.807, 2.05) is 12.1 Å². The van der Waals surface area contributed by atoms with Gasteiger partial charge in [0.25, 0.3) is 11.8 Å². The Hall–Kier alpha value is -3.73. The van der Waals surface area contributed by atoms with Crippen molar-refractivity contribution in [3.05, 3.63) is 86.8 Å². The quantitative estimate of drug-likeness (QED) is 0.237. The Morgan fingerprint density at radius 3 is 2.39 bits per heavy atom. The van der Waals surface area contributed by atoms with Crippen LogP contribution in [0.25, 0.3) is 10.9 Å². The summed E-state index contributed by atoms with van der Waals surface area (Å²) in [5, 5.41) is 10.7. The van der Waals surface area contributed by atoms with Crippen LogP contribution in [0, 0.1) is 13.8 Å². The summed E-state index contributed by atoms with van der Waals surface area (Å²) >= 11 is 3.32. The van der Waals surface area contributed by atoms with Crippen molar-refractivity contribution < 1.29 is 22.8 Å². The lowest BCUT2D eigenvalue weighted by atomic mass is 9.95. The smallest absolute Gasteiger partial charge is 0.349 e. The van der Waals surface area contributed by atoms with Gasteiger partial charge in [-0.25, -0.2) is 4.98 Å². The fraction of sp³-hybridized carbons (Fsp3) is 0.333. The number of halogens is 4. The Balaban J connectivity index is 1.34. The molecule has 0 bridgehead atoms. The van der Waals surface area contributed by atoms with Crippen LogP contribution in [0.4, 0.5) is 18.9 Å². The predicted molar refractivity (Wildman–Crippen MR) is 154 cm³/mol. The molecule has 214 valence electrons. The number of anilines is 1. The van der Waals surface area contributed by atoms with Gasteiger partial charge in [-0.1, -0.05) is 47.3 Å². The zero-order valence-corrected chi connectivity index (χ0v) is 24.2. The first-order chi connectivity index (χ1) is 19.5. The number of carbonyl (C=O) groups excluding carboxylic acids is 2. The minimum Gasteiger partial charge on any atom is -0.349 e. The van der Waals surface area contributed by atoms with Crippen molar-refractivity contribution in [3.63, 3.8) is 0 Å². The number of nitrogens with one attached hydrogen (secondary N) is 2. The lowest BCUT2D eigenvalue weighted by molar-refractivity contribution is -0.141. The summed E-state index contributed by atoms with van der Waals surface area (Å²) in [4.78, 5) is 29.7. The third-order valence-corrected chi connectivity index (χ3v) is 7.91. The summed E-state index contributed by atoms with van der Waals surface area (Å²) in [6, 6.07) is 12.9. The number of nitrogens with zero attached hydrogens (tertiary/aromatic N) is 3. The van der Waals surface area contributed by atoms with E-state index in [1.54, 1.807) is 42.8 Å². The van der Waals surface area contributed by atoms with Gasteiger partial charge < -0.3 is 10.6 Å². The molecule has 0 unspecified atom stereocenters. The molecule has 4 aromatic rings.